The molecule has 0 atom stereocenters. The van der Waals surface area contributed by atoms with Crippen LogP contribution in [0.3, 0.4) is 0 Å². The van der Waals surface area contributed by atoms with Crippen molar-refractivity contribution in [1.29, 1.82) is 0 Å². The summed E-state index contributed by atoms with van der Waals surface area (Å²) in [7, 11) is 0. The second kappa shape index (κ2) is 6.77. The van der Waals surface area contributed by atoms with Gasteiger partial charge >= 0.3 is 0 Å². The molecule has 2 rings (SSSR count). The van der Waals surface area contributed by atoms with Crippen LogP contribution in [0.2, 0.25) is 0 Å². The Labute approximate surface area is 131 Å². The highest BCUT2D eigenvalue weighted by Crippen LogP contribution is 2.40. The van der Waals surface area contributed by atoms with E-state index >= 15 is 0 Å². The molecule has 0 aromatic carbocycles. The first-order valence-electron chi connectivity index (χ1n) is 7.90. The molecule has 1 fully saturated rings. The maximum atomic E-state index is 12.0. The van der Waals surface area contributed by atoms with E-state index in [4.69, 9.17) is 5.73 Å². The van der Waals surface area contributed by atoms with Gasteiger partial charge < -0.3 is 11.1 Å². The zero-order valence-corrected chi connectivity index (χ0v) is 14.1. The van der Waals surface area contributed by atoms with Gasteiger partial charge in [0.15, 0.2) is 5.13 Å². The van der Waals surface area contributed by atoms with Gasteiger partial charge in [-0.2, -0.15) is 0 Å². The standard InChI is InChI=1S/C16H27N3OS/c1-4-16(2,3)11-5-7-12(8-6-11)18-14(20)9-13-10-21-15(17)19-13/h10-12H,4-9H2,1-3H3,(H2,17,19)(H,18,20). The number of thiazole rings is 1. The van der Waals surface area contributed by atoms with Crippen LogP contribution in [0, 0.1) is 11.3 Å². The van der Waals surface area contributed by atoms with Gasteiger partial charge in [-0.1, -0.05) is 27.2 Å². The Balaban J connectivity index is 1.77. The fraction of sp³-hybridized carbons (Fsp3) is 0.750. The van der Waals surface area contributed by atoms with Crippen LogP contribution < -0.4 is 11.1 Å². The molecule has 1 aromatic rings. The third-order valence-electron chi connectivity index (χ3n) is 5.02. The number of amides is 1. The predicted molar refractivity (Wildman–Crippen MR) is 88.2 cm³/mol. The first-order chi connectivity index (χ1) is 9.90. The fourth-order valence-corrected chi connectivity index (χ4v) is 3.72. The lowest BCUT2D eigenvalue weighted by atomic mass is 9.69. The van der Waals surface area contributed by atoms with Crippen molar-refractivity contribution < 1.29 is 4.79 Å². The number of anilines is 1. The number of rotatable bonds is 5. The molecule has 0 saturated heterocycles. The van der Waals surface area contributed by atoms with Gasteiger partial charge in [-0.05, 0) is 37.0 Å². The largest absolute Gasteiger partial charge is 0.375 e. The van der Waals surface area contributed by atoms with Crippen LogP contribution in [0.4, 0.5) is 5.13 Å². The molecule has 118 valence electrons. The second-order valence-corrected chi connectivity index (χ2v) is 7.70. The highest BCUT2D eigenvalue weighted by Gasteiger charge is 2.32. The van der Waals surface area contributed by atoms with Crippen molar-refractivity contribution >= 4 is 22.4 Å². The Hall–Kier alpha value is -1.10. The number of nitrogens with two attached hydrogens (primary N) is 1. The van der Waals surface area contributed by atoms with Crippen LogP contribution in [-0.2, 0) is 11.2 Å². The molecule has 1 aliphatic rings. The van der Waals surface area contributed by atoms with Crippen molar-refractivity contribution in [1.82, 2.24) is 10.3 Å². The van der Waals surface area contributed by atoms with Gasteiger partial charge in [-0.3, -0.25) is 4.79 Å². The van der Waals surface area contributed by atoms with Crippen molar-refractivity contribution in [2.75, 3.05) is 5.73 Å². The molecule has 1 aliphatic carbocycles. The third-order valence-corrected chi connectivity index (χ3v) is 5.74. The second-order valence-electron chi connectivity index (χ2n) is 6.81. The number of hydrogen-bond donors (Lipinski definition) is 2. The lowest BCUT2D eigenvalue weighted by Gasteiger charge is -2.39. The van der Waals surface area contributed by atoms with E-state index in [2.05, 4.69) is 31.1 Å². The zero-order chi connectivity index (χ0) is 15.5. The molecular formula is C16H27N3OS. The van der Waals surface area contributed by atoms with Crippen molar-refractivity contribution in [3.8, 4) is 0 Å². The molecule has 0 bridgehead atoms. The SMILES string of the molecule is CCC(C)(C)C1CCC(NC(=O)Cc2csc(N)n2)CC1. The lowest BCUT2D eigenvalue weighted by molar-refractivity contribution is -0.121. The number of carbonyl (C=O) groups excluding carboxylic acids is 1. The van der Waals surface area contributed by atoms with E-state index in [9.17, 15) is 4.79 Å². The fourth-order valence-electron chi connectivity index (χ4n) is 3.15. The van der Waals surface area contributed by atoms with Gasteiger partial charge in [0.25, 0.3) is 0 Å². The lowest BCUT2D eigenvalue weighted by Crippen LogP contribution is -2.40. The summed E-state index contributed by atoms with van der Waals surface area (Å²) in [6.45, 7) is 7.00. The van der Waals surface area contributed by atoms with Gasteiger partial charge in [0.1, 0.15) is 0 Å². The smallest absolute Gasteiger partial charge is 0.226 e. The summed E-state index contributed by atoms with van der Waals surface area (Å²) >= 11 is 1.38. The van der Waals surface area contributed by atoms with Crippen LogP contribution in [0.25, 0.3) is 0 Å². The first-order valence-corrected chi connectivity index (χ1v) is 8.78. The minimum Gasteiger partial charge on any atom is -0.375 e. The van der Waals surface area contributed by atoms with Crippen LogP contribution in [0.5, 0.6) is 0 Å². The Morgan fingerprint density at radius 3 is 2.62 bits per heavy atom. The molecule has 1 saturated carbocycles. The zero-order valence-electron chi connectivity index (χ0n) is 13.3. The van der Waals surface area contributed by atoms with E-state index in [-0.39, 0.29) is 5.91 Å². The highest BCUT2D eigenvalue weighted by atomic mass is 32.1. The number of aromatic nitrogens is 1. The van der Waals surface area contributed by atoms with Crippen LogP contribution in [0.15, 0.2) is 5.38 Å². The topological polar surface area (TPSA) is 68.0 Å². The average molecular weight is 309 g/mol. The van der Waals surface area contributed by atoms with Gasteiger partial charge in [0.2, 0.25) is 5.91 Å². The molecule has 3 N–H and O–H groups in total. The summed E-state index contributed by atoms with van der Waals surface area (Å²) in [5, 5.41) is 5.54. The van der Waals surface area contributed by atoms with E-state index in [0.717, 1.165) is 24.5 Å². The normalized spacial score (nSPS) is 23.0. The minimum absolute atomic E-state index is 0.0681. The highest BCUT2D eigenvalue weighted by molar-refractivity contribution is 7.13. The number of nitrogen functional groups attached to an aromatic ring is 1. The van der Waals surface area contributed by atoms with Gasteiger partial charge in [-0.15, -0.1) is 11.3 Å². The van der Waals surface area contributed by atoms with Crippen LogP contribution in [0.1, 0.15) is 58.6 Å². The number of nitrogens with one attached hydrogen (secondary N) is 1. The van der Waals surface area contributed by atoms with Crippen LogP contribution >= 0.6 is 11.3 Å². The monoisotopic (exact) mass is 309 g/mol. The molecule has 1 aromatic heterocycles. The van der Waals surface area contributed by atoms with Gasteiger partial charge in [-0.25, -0.2) is 4.98 Å². The van der Waals surface area contributed by atoms with E-state index < -0.39 is 0 Å². The van der Waals surface area contributed by atoms with Gasteiger partial charge in [0.05, 0.1) is 12.1 Å². The quantitative estimate of drug-likeness (QED) is 0.876. The van der Waals surface area contributed by atoms with Crippen molar-refractivity contribution in [3.63, 3.8) is 0 Å². The third kappa shape index (κ3) is 4.43. The van der Waals surface area contributed by atoms with Crippen molar-refractivity contribution in [3.05, 3.63) is 11.1 Å². The summed E-state index contributed by atoms with van der Waals surface area (Å²) in [5.74, 6) is 0.854. The molecule has 0 radical (unpaired) electrons. The Morgan fingerprint density at radius 1 is 1.43 bits per heavy atom. The van der Waals surface area contributed by atoms with Gasteiger partial charge in [0, 0.05) is 11.4 Å². The summed E-state index contributed by atoms with van der Waals surface area (Å²) in [5.41, 5.74) is 6.78. The van der Waals surface area contributed by atoms with Crippen LogP contribution in [-0.4, -0.2) is 16.9 Å². The number of hydrogen-bond acceptors (Lipinski definition) is 4. The van der Waals surface area contributed by atoms with E-state index in [1.165, 1.54) is 30.6 Å². The molecule has 0 aliphatic heterocycles. The number of nitrogens with zero attached hydrogens (tertiary/aromatic N) is 1. The Bertz CT molecular complexity index is 476. The molecule has 4 nitrogen and oxygen atoms in total. The predicted octanol–water partition coefficient (Wildman–Crippen LogP) is 3.38. The maximum absolute atomic E-state index is 12.0. The molecule has 0 unspecified atom stereocenters. The molecule has 1 heterocycles. The molecule has 5 heteroatoms. The molecule has 21 heavy (non-hydrogen) atoms. The molecule has 1 amide bonds. The first kappa shape index (κ1) is 16.3. The Morgan fingerprint density at radius 2 is 2.10 bits per heavy atom. The minimum atomic E-state index is 0.0681. The summed E-state index contributed by atoms with van der Waals surface area (Å²) in [4.78, 5) is 16.2. The van der Waals surface area contributed by atoms with E-state index in [1.807, 2.05) is 5.38 Å². The molecule has 0 spiro atoms. The molecular weight excluding hydrogens is 282 g/mol. The van der Waals surface area contributed by atoms with E-state index in [0.29, 0.717) is 23.0 Å². The van der Waals surface area contributed by atoms with Crippen molar-refractivity contribution in [2.45, 2.75) is 65.3 Å². The summed E-state index contributed by atoms with van der Waals surface area (Å²) < 4.78 is 0. The average Bonchev–Trinajstić information content (AvgIpc) is 2.84. The maximum Gasteiger partial charge on any atom is 0.226 e. The Kier molecular flexibility index (Phi) is 5.25. The number of carbonyl (C=O) groups is 1. The summed E-state index contributed by atoms with van der Waals surface area (Å²) in [6, 6.07) is 0.331. The van der Waals surface area contributed by atoms with E-state index in [1.54, 1.807) is 0 Å². The van der Waals surface area contributed by atoms with Crippen molar-refractivity contribution in [2.24, 2.45) is 11.3 Å². The summed E-state index contributed by atoms with van der Waals surface area (Å²) in [6.07, 6.45) is 6.19.